The molecule has 1 aliphatic heterocycles. The molecule has 1 N–H and O–H groups in total. The number of carbonyl (C=O) groups is 1. The van der Waals surface area contributed by atoms with Crippen molar-refractivity contribution in [3.8, 4) is 5.75 Å². The molecule has 8 heteroatoms. The number of halogens is 1. The number of rotatable bonds is 4. The molecular formula is C16H17ClN4O3. The van der Waals surface area contributed by atoms with Crippen molar-refractivity contribution in [2.45, 2.75) is 0 Å². The van der Waals surface area contributed by atoms with E-state index in [0.717, 1.165) is 0 Å². The van der Waals surface area contributed by atoms with E-state index in [-0.39, 0.29) is 5.91 Å². The van der Waals surface area contributed by atoms with Gasteiger partial charge in [-0.1, -0.05) is 11.6 Å². The molecule has 1 saturated heterocycles. The summed E-state index contributed by atoms with van der Waals surface area (Å²) in [5, 5.41) is 3.51. The summed E-state index contributed by atoms with van der Waals surface area (Å²) >= 11 is 6.10. The molecule has 2 aromatic rings. The summed E-state index contributed by atoms with van der Waals surface area (Å²) in [6.45, 7) is 2.23. The Labute approximate surface area is 144 Å². The number of carbonyl (C=O) groups excluding carboxylic acids is 1. The van der Waals surface area contributed by atoms with Crippen LogP contribution in [0.1, 0.15) is 10.5 Å². The predicted molar refractivity (Wildman–Crippen MR) is 90.0 cm³/mol. The minimum atomic E-state index is -0.128. The fourth-order valence-electron chi connectivity index (χ4n) is 2.34. The summed E-state index contributed by atoms with van der Waals surface area (Å²) < 4.78 is 10.4. The van der Waals surface area contributed by atoms with Crippen molar-refractivity contribution in [1.82, 2.24) is 14.9 Å². The molecule has 1 aromatic carbocycles. The van der Waals surface area contributed by atoms with Gasteiger partial charge in [0.25, 0.3) is 5.91 Å². The molecule has 1 fully saturated rings. The third-order valence-corrected chi connectivity index (χ3v) is 3.88. The van der Waals surface area contributed by atoms with Crippen LogP contribution in [0.2, 0.25) is 5.02 Å². The van der Waals surface area contributed by atoms with Gasteiger partial charge in [-0.05, 0) is 24.3 Å². The highest BCUT2D eigenvalue weighted by molar-refractivity contribution is 6.32. The number of hydrogen-bond acceptors (Lipinski definition) is 6. The van der Waals surface area contributed by atoms with Crippen molar-refractivity contribution in [1.29, 1.82) is 0 Å². The van der Waals surface area contributed by atoms with E-state index >= 15 is 0 Å². The number of methoxy groups -OCH3 is 1. The van der Waals surface area contributed by atoms with Gasteiger partial charge in [-0.25, -0.2) is 9.97 Å². The number of hydrogen-bond donors (Lipinski definition) is 1. The number of morpholine rings is 1. The Kier molecular flexibility index (Phi) is 5.12. The lowest BCUT2D eigenvalue weighted by Gasteiger charge is -2.26. The van der Waals surface area contributed by atoms with Gasteiger partial charge < -0.3 is 19.7 Å². The molecular weight excluding hydrogens is 332 g/mol. The highest BCUT2D eigenvalue weighted by atomic mass is 35.5. The first-order valence-electron chi connectivity index (χ1n) is 7.48. The summed E-state index contributed by atoms with van der Waals surface area (Å²) in [7, 11) is 1.55. The van der Waals surface area contributed by atoms with Gasteiger partial charge in [0.15, 0.2) is 0 Å². The molecule has 126 valence electrons. The smallest absolute Gasteiger partial charge is 0.272 e. The Morgan fingerprint density at radius 2 is 2.12 bits per heavy atom. The molecule has 0 bridgehead atoms. The van der Waals surface area contributed by atoms with E-state index in [4.69, 9.17) is 21.1 Å². The van der Waals surface area contributed by atoms with Crippen LogP contribution >= 0.6 is 11.6 Å². The van der Waals surface area contributed by atoms with Crippen molar-refractivity contribution in [2.24, 2.45) is 0 Å². The molecule has 3 rings (SSSR count). The number of ether oxygens (including phenoxy) is 2. The monoisotopic (exact) mass is 348 g/mol. The van der Waals surface area contributed by atoms with Gasteiger partial charge in [-0.2, -0.15) is 0 Å². The summed E-state index contributed by atoms with van der Waals surface area (Å²) in [5.41, 5.74) is 1.05. The van der Waals surface area contributed by atoms with Crippen LogP contribution in [-0.2, 0) is 4.74 Å². The molecule has 1 aliphatic rings. The summed E-state index contributed by atoms with van der Waals surface area (Å²) in [4.78, 5) is 22.6. The Morgan fingerprint density at radius 3 is 2.83 bits per heavy atom. The quantitative estimate of drug-likeness (QED) is 0.914. The van der Waals surface area contributed by atoms with Crippen molar-refractivity contribution in [2.75, 3.05) is 38.7 Å². The number of benzene rings is 1. The highest BCUT2D eigenvalue weighted by Crippen LogP contribution is 2.28. The molecule has 7 nitrogen and oxygen atoms in total. The lowest BCUT2D eigenvalue weighted by molar-refractivity contribution is 0.0299. The van der Waals surface area contributed by atoms with Gasteiger partial charge in [-0.15, -0.1) is 0 Å². The van der Waals surface area contributed by atoms with E-state index in [2.05, 4.69) is 15.3 Å². The molecule has 2 heterocycles. The molecule has 0 spiro atoms. The van der Waals surface area contributed by atoms with Crippen molar-refractivity contribution >= 4 is 29.1 Å². The van der Waals surface area contributed by atoms with E-state index in [0.29, 0.717) is 54.4 Å². The second kappa shape index (κ2) is 7.46. The van der Waals surface area contributed by atoms with Crippen molar-refractivity contribution in [3.63, 3.8) is 0 Å². The van der Waals surface area contributed by atoms with E-state index in [9.17, 15) is 4.79 Å². The first-order valence-corrected chi connectivity index (χ1v) is 7.86. The number of anilines is 2. The van der Waals surface area contributed by atoms with E-state index < -0.39 is 0 Å². The maximum atomic E-state index is 12.5. The van der Waals surface area contributed by atoms with Gasteiger partial charge in [-0.3, -0.25) is 4.79 Å². The molecule has 0 aliphatic carbocycles. The predicted octanol–water partition coefficient (Wildman–Crippen LogP) is 2.35. The lowest BCUT2D eigenvalue weighted by Crippen LogP contribution is -2.41. The minimum Gasteiger partial charge on any atom is -0.495 e. The van der Waals surface area contributed by atoms with Gasteiger partial charge in [0, 0.05) is 25.0 Å². The molecule has 0 atom stereocenters. The van der Waals surface area contributed by atoms with Gasteiger partial charge >= 0.3 is 0 Å². The number of aromatic nitrogens is 2. The average Bonchev–Trinajstić information content (AvgIpc) is 2.62. The van der Waals surface area contributed by atoms with E-state index in [1.54, 1.807) is 42.5 Å². The normalized spacial score (nSPS) is 14.3. The third-order valence-electron chi connectivity index (χ3n) is 3.58. The Hall–Kier alpha value is -2.38. The molecule has 0 unspecified atom stereocenters. The van der Waals surface area contributed by atoms with Gasteiger partial charge in [0.1, 0.15) is 11.4 Å². The number of amides is 1. The lowest BCUT2D eigenvalue weighted by atomic mass is 10.3. The van der Waals surface area contributed by atoms with E-state index in [1.165, 1.54) is 0 Å². The zero-order valence-electron chi connectivity index (χ0n) is 13.2. The van der Waals surface area contributed by atoms with Crippen LogP contribution in [0.15, 0.2) is 30.5 Å². The van der Waals surface area contributed by atoms with Crippen LogP contribution < -0.4 is 10.1 Å². The van der Waals surface area contributed by atoms with Crippen molar-refractivity contribution < 1.29 is 14.3 Å². The molecule has 0 saturated carbocycles. The topological polar surface area (TPSA) is 76.6 Å². The Balaban J connectivity index is 1.75. The average molecular weight is 349 g/mol. The largest absolute Gasteiger partial charge is 0.495 e. The second-order valence-corrected chi connectivity index (χ2v) is 5.55. The maximum absolute atomic E-state index is 12.5. The minimum absolute atomic E-state index is 0.128. The van der Waals surface area contributed by atoms with E-state index in [1.807, 2.05) is 0 Å². The van der Waals surface area contributed by atoms with Crippen LogP contribution in [0.4, 0.5) is 11.6 Å². The van der Waals surface area contributed by atoms with Crippen LogP contribution in [-0.4, -0.2) is 54.2 Å². The summed E-state index contributed by atoms with van der Waals surface area (Å²) in [5.74, 6) is 0.784. The summed E-state index contributed by atoms with van der Waals surface area (Å²) in [6, 6.07) is 6.85. The standard InChI is InChI=1S/C16H17ClN4O3/c1-23-14-3-2-11(10-12(14)17)19-16-18-5-4-13(20-16)15(22)21-6-8-24-9-7-21/h2-5,10H,6-9H2,1H3,(H,18,19,20). The number of nitrogens with one attached hydrogen (secondary N) is 1. The van der Waals surface area contributed by atoms with Crippen LogP contribution in [0.25, 0.3) is 0 Å². The first-order chi connectivity index (χ1) is 11.7. The molecule has 0 radical (unpaired) electrons. The Morgan fingerprint density at radius 1 is 1.33 bits per heavy atom. The van der Waals surface area contributed by atoms with Crippen molar-refractivity contribution in [3.05, 3.63) is 41.2 Å². The van der Waals surface area contributed by atoms with Gasteiger partial charge in [0.05, 0.1) is 25.3 Å². The summed E-state index contributed by atoms with van der Waals surface area (Å²) in [6.07, 6.45) is 1.55. The van der Waals surface area contributed by atoms with Gasteiger partial charge in [0.2, 0.25) is 5.95 Å². The highest BCUT2D eigenvalue weighted by Gasteiger charge is 2.20. The maximum Gasteiger partial charge on any atom is 0.272 e. The molecule has 24 heavy (non-hydrogen) atoms. The zero-order valence-corrected chi connectivity index (χ0v) is 13.9. The van der Waals surface area contributed by atoms with Crippen LogP contribution in [0.5, 0.6) is 5.75 Å². The first kappa shape index (κ1) is 16.5. The van der Waals surface area contributed by atoms with Crippen LogP contribution in [0.3, 0.4) is 0 Å². The zero-order chi connectivity index (χ0) is 16.9. The fourth-order valence-corrected chi connectivity index (χ4v) is 2.60. The third kappa shape index (κ3) is 3.74. The number of nitrogens with zero attached hydrogens (tertiary/aromatic N) is 3. The molecule has 1 aromatic heterocycles. The fraction of sp³-hybridized carbons (Fsp3) is 0.312. The molecule has 1 amide bonds. The Bertz CT molecular complexity index is 735. The SMILES string of the molecule is COc1ccc(Nc2nccc(C(=O)N3CCOCC3)n2)cc1Cl. The van der Waals surface area contributed by atoms with Crippen LogP contribution in [0, 0.1) is 0 Å². The second-order valence-electron chi connectivity index (χ2n) is 5.14.